The van der Waals surface area contributed by atoms with Crippen molar-refractivity contribution in [3.8, 4) is 11.1 Å². The molecule has 1 saturated carbocycles. The first-order valence-electron chi connectivity index (χ1n) is 8.80. The van der Waals surface area contributed by atoms with Crippen LogP contribution in [0, 0.1) is 0 Å². The van der Waals surface area contributed by atoms with Crippen LogP contribution in [0.5, 0.6) is 0 Å². The molecule has 24 heavy (non-hydrogen) atoms. The molecule has 4 heteroatoms. The van der Waals surface area contributed by atoms with Gasteiger partial charge in [-0.25, -0.2) is 8.42 Å². The third kappa shape index (κ3) is 3.55. The molecule has 1 fully saturated rings. The molecule has 0 bridgehead atoms. The maximum atomic E-state index is 13.0. The van der Waals surface area contributed by atoms with Crippen LogP contribution in [-0.2, 0) is 10.0 Å². The zero-order chi connectivity index (χ0) is 17.0. The molecule has 0 spiro atoms. The lowest BCUT2D eigenvalue weighted by molar-refractivity contribution is 0.261. The fourth-order valence-electron chi connectivity index (χ4n) is 3.58. The fraction of sp³-hybridized carbons (Fsp3) is 0.400. The Hall–Kier alpha value is -1.65. The molecule has 0 aliphatic heterocycles. The minimum Gasteiger partial charge on any atom is -0.207 e. The molecular formula is C20H25NO2S. The third-order valence-corrected chi connectivity index (χ3v) is 6.90. The number of benzene rings is 2. The molecule has 0 heterocycles. The summed E-state index contributed by atoms with van der Waals surface area (Å²) in [5.41, 5.74) is 2.14. The quantitative estimate of drug-likeness (QED) is 0.789. The zero-order valence-electron chi connectivity index (χ0n) is 14.2. The molecule has 3 nitrogen and oxygen atoms in total. The normalized spacial score (nSPS) is 16.4. The van der Waals surface area contributed by atoms with E-state index in [9.17, 15) is 8.42 Å². The van der Waals surface area contributed by atoms with E-state index in [1.54, 1.807) is 16.4 Å². The van der Waals surface area contributed by atoms with Gasteiger partial charge in [0.25, 0.3) is 0 Å². The monoisotopic (exact) mass is 343 g/mol. The van der Waals surface area contributed by atoms with Crippen LogP contribution >= 0.6 is 0 Å². The summed E-state index contributed by atoms with van der Waals surface area (Å²) in [6.07, 6.45) is 5.44. The van der Waals surface area contributed by atoms with Crippen molar-refractivity contribution >= 4 is 10.0 Å². The van der Waals surface area contributed by atoms with Crippen molar-refractivity contribution in [3.05, 3.63) is 54.6 Å². The molecule has 128 valence electrons. The van der Waals surface area contributed by atoms with E-state index in [0.29, 0.717) is 11.4 Å². The van der Waals surface area contributed by atoms with Crippen LogP contribution in [0.15, 0.2) is 59.5 Å². The molecule has 1 aliphatic rings. The maximum absolute atomic E-state index is 13.0. The lowest BCUT2D eigenvalue weighted by atomic mass is 9.95. The van der Waals surface area contributed by atoms with Crippen LogP contribution in [-0.4, -0.2) is 25.3 Å². The zero-order valence-corrected chi connectivity index (χ0v) is 15.0. The van der Waals surface area contributed by atoms with Crippen LogP contribution in [0.1, 0.15) is 39.0 Å². The van der Waals surface area contributed by atoms with Gasteiger partial charge in [0.2, 0.25) is 10.0 Å². The van der Waals surface area contributed by atoms with Crippen molar-refractivity contribution in [3.63, 3.8) is 0 Å². The van der Waals surface area contributed by atoms with Gasteiger partial charge in [0.15, 0.2) is 0 Å². The summed E-state index contributed by atoms with van der Waals surface area (Å²) in [4.78, 5) is 0.398. The van der Waals surface area contributed by atoms with Gasteiger partial charge in [0.05, 0.1) is 4.90 Å². The molecule has 0 aromatic heterocycles. The summed E-state index contributed by atoms with van der Waals surface area (Å²) in [6.45, 7) is 2.47. The summed E-state index contributed by atoms with van der Waals surface area (Å²) in [5, 5.41) is 0. The van der Waals surface area contributed by atoms with E-state index < -0.39 is 10.0 Å². The average Bonchev–Trinajstić information content (AvgIpc) is 2.64. The highest BCUT2D eigenvalue weighted by molar-refractivity contribution is 7.89. The van der Waals surface area contributed by atoms with Gasteiger partial charge >= 0.3 is 0 Å². The van der Waals surface area contributed by atoms with Crippen LogP contribution in [0.3, 0.4) is 0 Å². The Morgan fingerprint density at radius 3 is 2.04 bits per heavy atom. The van der Waals surface area contributed by atoms with Crippen LogP contribution in [0.25, 0.3) is 11.1 Å². The van der Waals surface area contributed by atoms with Crippen LogP contribution in [0.2, 0.25) is 0 Å². The minimum absolute atomic E-state index is 0.155. The van der Waals surface area contributed by atoms with Crippen molar-refractivity contribution < 1.29 is 8.42 Å². The van der Waals surface area contributed by atoms with Crippen molar-refractivity contribution in [1.29, 1.82) is 0 Å². The molecule has 0 radical (unpaired) electrons. The highest BCUT2D eigenvalue weighted by Gasteiger charge is 2.30. The summed E-state index contributed by atoms with van der Waals surface area (Å²) >= 11 is 0. The van der Waals surface area contributed by atoms with E-state index >= 15 is 0 Å². The topological polar surface area (TPSA) is 37.4 Å². The predicted octanol–water partition coefficient (Wildman–Crippen LogP) is 4.70. The van der Waals surface area contributed by atoms with Crippen molar-refractivity contribution in [2.24, 2.45) is 0 Å². The number of sulfonamides is 1. The van der Waals surface area contributed by atoms with Crippen molar-refractivity contribution in [2.75, 3.05) is 6.54 Å². The molecule has 2 aromatic rings. The van der Waals surface area contributed by atoms with Crippen molar-refractivity contribution in [2.45, 2.75) is 50.0 Å². The summed E-state index contributed by atoms with van der Waals surface area (Å²) in [5.74, 6) is 0. The predicted molar refractivity (Wildman–Crippen MR) is 98.3 cm³/mol. The average molecular weight is 343 g/mol. The van der Waals surface area contributed by atoms with Gasteiger partial charge in [-0.05, 0) is 36.1 Å². The van der Waals surface area contributed by atoms with E-state index in [-0.39, 0.29) is 6.04 Å². The largest absolute Gasteiger partial charge is 0.243 e. The first-order chi connectivity index (χ1) is 11.6. The van der Waals surface area contributed by atoms with Gasteiger partial charge in [-0.3, -0.25) is 0 Å². The second kappa shape index (κ2) is 7.49. The third-order valence-electron chi connectivity index (χ3n) is 4.86. The molecule has 0 unspecified atom stereocenters. The van der Waals surface area contributed by atoms with Gasteiger partial charge in [0.1, 0.15) is 0 Å². The summed E-state index contributed by atoms with van der Waals surface area (Å²) < 4.78 is 27.8. The van der Waals surface area contributed by atoms with E-state index in [2.05, 4.69) is 0 Å². The fourth-order valence-corrected chi connectivity index (χ4v) is 5.27. The Balaban J connectivity index is 1.86. The first kappa shape index (κ1) is 17.2. The lowest BCUT2D eigenvalue weighted by Crippen LogP contribution is -2.41. The van der Waals surface area contributed by atoms with Crippen LogP contribution < -0.4 is 0 Å². The lowest BCUT2D eigenvalue weighted by Gasteiger charge is -2.32. The second-order valence-corrected chi connectivity index (χ2v) is 8.28. The Labute approximate surface area is 145 Å². The molecule has 3 rings (SSSR count). The number of rotatable bonds is 5. The molecular weight excluding hydrogens is 318 g/mol. The summed E-state index contributed by atoms with van der Waals surface area (Å²) in [7, 11) is -3.42. The number of hydrogen-bond acceptors (Lipinski definition) is 2. The SMILES string of the molecule is CCN(C1CCCCC1)S(=O)(=O)c1ccc(-c2ccccc2)cc1. The molecule has 0 saturated heterocycles. The van der Waals surface area contributed by atoms with Crippen molar-refractivity contribution in [1.82, 2.24) is 4.31 Å². The molecule has 2 aromatic carbocycles. The van der Waals surface area contributed by atoms with Gasteiger partial charge < -0.3 is 0 Å². The minimum atomic E-state index is -3.42. The standard InChI is InChI=1S/C20H25NO2S/c1-2-21(19-11-7-4-8-12-19)24(22,23)20-15-13-18(14-16-20)17-9-5-3-6-10-17/h3,5-6,9-10,13-16,19H,2,4,7-8,11-12H2,1H3. The van der Waals surface area contributed by atoms with Gasteiger partial charge in [-0.15, -0.1) is 0 Å². The van der Waals surface area contributed by atoms with E-state index in [1.807, 2.05) is 49.4 Å². The number of hydrogen-bond donors (Lipinski definition) is 0. The van der Waals surface area contributed by atoms with E-state index in [1.165, 1.54) is 6.42 Å². The number of nitrogens with zero attached hydrogens (tertiary/aromatic N) is 1. The Morgan fingerprint density at radius 1 is 0.875 bits per heavy atom. The van der Waals surface area contributed by atoms with Crippen LogP contribution in [0.4, 0.5) is 0 Å². The molecule has 0 N–H and O–H groups in total. The Morgan fingerprint density at radius 2 is 1.46 bits per heavy atom. The first-order valence-corrected chi connectivity index (χ1v) is 10.2. The Bertz CT molecular complexity index is 748. The second-order valence-electron chi connectivity index (χ2n) is 6.39. The highest BCUT2D eigenvalue weighted by atomic mass is 32.2. The summed E-state index contributed by atoms with van der Waals surface area (Å²) in [6, 6.07) is 17.5. The Kier molecular flexibility index (Phi) is 5.36. The molecule has 0 atom stereocenters. The van der Waals surface area contributed by atoms with Gasteiger partial charge in [-0.1, -0.05) is 68.7 Å². The maximum Gasteiger partial charge on any atom is 0.243 e. The molecule has 0 amide bonds. The smallest absolute Gasteiger partial charge is 0.207 e. The van der Waals surface area contributed by atoms with E-state index in [4.69, 9.17) is 0 Å². The van der Waals surface area contributed by atoms with E-state index in [0.717, 1.165) is 36.8 Å². The van der Waals surface area contributed by atoms with Gasteiger partial charge in [0, 0.05) is 12.6 Å². The van der Waals surface area contributed by atoms with Gasteiger partial charge in [-0.2, -0.15) is 4.31 Å². The molecule has 1 aliphatic carbocycles. The highest BCUT2D eigenvalue weighted by Crippen LogP contribution is 2.28.